The molecule has 3 heterocycles. The zero-order valence-electron chi connectivity index (χ0n) is 19.9. The summed E-state index contributed by atoms with van der Waals surface area (Å²) in [6.45, 7) is 4.87. The summed E-state index contributed by atoms with van der Waals surface area (Å²) in [4.78, 5) is 39.3. The number of hydrogen-bond donors (Lipinski definition) is 2. The summed E-state index contributed by atoms with van der Waals surface area (Å²) in [6, 6.07) is 0. The quantitative estimate of drug-likeness (QED) is 0.728. The zero-order valence-corrected chi connectivity index (χ0v) is 19.9. The van der Waals surface area contributed by atoms with Crippen molar-refractivity contribution in [2.24, 2.45) is 0 Å². The lowest BCUT2D eigenvalue weighted by Crippen LogP contribution is -2.53. The zero-order chi connectivity index (χ0) is 22.7. The number of piperidine rings is 1. The summed E-state index contributed by atoms with van der Waals surface area (Å²) < 4.78 is 0. The van der Waals surface area contributed by atoms with Crippen LogP contribution in [0.15, 0.2) is 0 Å². The number of carbonyl (C=O) groups is 2. The topological polar surface area (TPSA) is 90.5 Å². The summed E-state index contributed by atoms with van der Waals surface area (Å²) in [6.07, 6.45) is 8.41. The molecule has 0 radical (unpaired) electrons. The molecule has 0 aromatic carbocycles. The van der Waals surface area contributed by atoms with Gasteiger partial charge in [-0.2, -0.15) is 0 Å². The smallest absolute Gasteiger partial charge is 0.224 e. The number of likely N-dealkylation sites (tertiary alicyclic amines) is 1. The van der Waals surface area contributed by atoms with Gasteiger partial charge >= 0.3 is 0 Å². The van der Waals surface area contributed by atoms with Gasteiger partial charge in [0.15, 0.2) is 0 Å². The molecule has 0 bridgehead atoms. The number of aromatic nitrogens is 2. The molecule has 32 heavy (non-hydrogen) atoms. The van der Waals surface area contributed by atoms with Crippen molar-refractivity contribution >= 4 is 17.6 Å². The van der Waals surface area contributed by atoms with Crippen molar-refractivity contribution in [3.63, 3.8) is 0 Å². The molecule has 2 aliphatic heterocycles. The van der Waals surface area contributed by atoms with E-state index in [2.05, 4.69) is 22.6 Å². The number of likely N-dealkylation sites (N-methyl/N-ethyl adjacent to an activating group) is 1. The van der Waals surface area contributed by atoms with Crippen LogP contribution in [0.25, 0.3) is 0 Å². The lowest BCUT2D eigenvalue weighted by Gasteiger charge is -2.40. The molecule has 1 aromatic rings. The van der Waals surface area contributed by atoms with Crippen LogP contribution in [0, 0.1) is 0 Å². The molecule has 2 fully saturated rings. The molecular formula is C24H38N6O2. The lowest BCUT2D eigenvalue weighted by atomic mass is 9.78. The van der Waals surface area contributed by atoms with E-state index in [4.69, 9.17) is 9.97 Å². The van der Waals surface area contributed by atoms with Gasteiger partial charge in [-0.3, -0.25) is 9.59 Å². The van der Waals surface area contributed by atoms with E-state index < -0.39 is 0 Å². The standard InChI is InChI=1S/C24H38N6O2/c1-17(31)28-24(10-5-4-6-11-24)14-21(32)30-12-7-8-18(15-30)22-26-20-9-13-29(3)16-19(20)23(25-2)27-22/h18H,4-16H2,1-3H3,(H,28,31)(H,25,26,27)/t18-/m0/s1. The van der Waals surface area contributed by atoms with Crippen molar-refractivity contribution in [2.75, 3.05) is 39.0 Å². The highest BCUT2D eigenvalue weighted by Gasteiger charge is 2.37. The molecular weight excluding hydrogens is 404 g/mol. The van der Waals surface area contributed by atoms with Gasteiger partial charge in [-0.1, -0.05) is 19.3 Å². The Balaban J connectivity index is 1.48. The average molecular weight is 443 g/mol. The maximum atomic E-state index is 13.3. The first kappa shape index (κ1) is 23.0. The fourth-order valence-corrected chi connectivity index (χ4v) is 5.72. The second-order valence-corrected chi connectivity index (χ2v) is 9.97. The van der Waals surface area contributed by atoms with E-state index in [1.807, 2.05) is 11.9 Å². The largest absolute Gasteiger partial charge is 0.373 e. The summed E-state index contributed by atoms with van der Waals surface area (Å²) in [7, 11) is 4.05. The van der Waals surface area contributed by atoms with Gasteiger partial charge < -0.3 is 20.4 Å². The van der Waals surface area contributed by atoms with Crippen LogP contribution in [0.5, 0.6) is 0 Å². The number of rotatable bonds is 5. The Morgan fingerprint density at radius 2 is 1.91 bits per heavy atom. The predicted octanol–water partition coefficient (Wildman–Crippen LogP) is 2.44. The SMILES string of the molecule is CNc1nc([C@H]2CCCN(C(=O)CC3(NC(C)=O)CCCCC3)C2)nc2c1CN(C)CC2. The monoisotopic (exact) mass is 442 g/mol. The second-order valence-electron chi connectivity index (χ2n) is 9.97. The first-order valence-corrected chi connectivity index (χ1v) is 12.2. The van der Waals surface area contributed by atoms with Crippen molar-refractivity contribution in [3.05, 3.63) is 17.1 Å². The Morgan fingerprint density at radius 3 is 2.62 bits per heavy atom. The first-order chi connectivity index (χ1) is 15.4. The van der Waals surface area contributed by atoms with E-state index >= 15 is 0 Å². The number of fused-ring (bicyclic) bond motifs is 1. The molecule has 1 aromatic heterocycles. The Labute approximate surface area is 191 Å². The van der Waals surface area contributed by atoms with E-state index in [9.17, 15) is 9.59 Å². The molecule has 3 aliphatic rings. The van der Waals surface area contributed by atoms with Crippen LogP contribution in [0.2, 0.25) is 0 Å². The van der Waals surface area contributed by atoms with E-state index in [1.54, 1.807) is 6.92 Å². The van der Waals surface area contributed by atoms with Gasteiger partial charge in [-0.05, 0) is 32.7 Å². The highest BCUT2D eigenvalue weighted by atomic mass is 16.2. The maximum Gasteiger partial charge on any atom is 0.224 e. The Morgan fingerprint density at radius 1 is 1.12 bits per heavy atom. The van der Waals surface area contributed by atoms with Crippen molar-refractivity contribution in [1.29, 1.82) is 0 Å². The van der Waals surface area contributed by atoms with E-state index in [0.29, 0.717) is 13.0 Å². The highest BCUT2D eigenvalue weighted by molar-refractivity contribution is 5.80. The second kappa shape index (κ2) is 9.73. The number of amides is 2. The van der Waals surface area contributed by atoms with E-state index in [1.165, 1.54) is 12.0 Å². The van der Waals surface area contributed by atoms with Gasteiger partial charge in [-0.15, -0.1) is 0 Å². The minimum atomic E-state index is -0.373. The molecule has 2 N–H and O–H groups in total. The molecule has 0 spiro atoms. The Kier molecular flexibility index (Phi) is 6.98. The molecule has 4 rings (SSSR count). The summed E-state index contributed by atoms with van der Waals surface area (Å²) in [5, 5.41) is 6.41. The number of hydrogen-bond acceptors (Lipinski definition) is 6. The average Bonchev–Trinajstić information content (AvgIpc) is 2.78. The molecule has 2 amide bonds. The van der Waals surface area contributed by atoms with E-state index in [-0.39, 0.29) is 23.3 Å². The van der Waals surface area contributed by atoms with Crippen molar-refractivity contribution in [1.82, 2.24) is 25.1 Å². The van der Waals surface area contributed by atoms with Gasteiger partial charge in [0.1, 0.15) is 11.6 Å². The number of carbonyl (C=O) groups excluding carboxylic acids is 2. The molecule has 0 unspecified atom stereocenters. The Bertz CT molecular complexity index is 834. The van der Waals surface area contributed by atoms with Crippen LogP contribution >= 0.6 is 0 Å². The van der Waals surface area contributed by atoms with Crippen LogP contribution in [0.1, 0.15) is 81.3 Å². The fraction of sp³-hybridized carbons (Fsp3) is 0.750. The highest BCUT2D eigenvalue weighted by Crippen LogP contribution is 2.34. The molecule has 1 aliphatic carbocycles. The van der Waals surface area contributed by atoms with Gasteiger partial charge in [0, 0.05) is 70.0 Å². The number of nitrogens with one attached hydrogen (secondary N) is 2. The maximum absolute atomic E-state index is 13.3. The third kappa shape index (κ3) is 5.05. The molecule has 8 heteroatoms. The number of anilines is 1. The number of nitrogens with zero attached hydrogens (tertiary/aromatic N) is 4. The van der Waals surface area contributed by atoms with Crippen LogP contribution < -0.4 is 10.6 Å². The van der Waals surface area contributed by atoms with Gasteiger partial charge in [0.05, 0.1) is 5.69 Å². The summed E-state index contributed by atoms with van der Waals surface area (Å²) >= 11 is 0. The third-order valence-electron chi connectivity index (χ3n) is 7.39. The van der Waals surface area contributed by atoms with Gasteiger partial charge in [0.25, 0.3) is 0 Å². The lowest BCUT2D eigenvalue weighted by molar-refractivity contribution is -0.135. The third-order valence-corrected chi connectivity index (χ3v) is 7.39. The van der Waals surface area contributed by atoms with Crippen LogP contribution in [0.4, 0.5) is 5.82 Å². The fourth-order valence-electron chi connectivity index (χ4n) is 5.72. The minimum absolute atomic E-state index is 0.0380. The van der Waals surface area contributed by atoms with Crippen molar-refractivity contribution < 1.29 is 9.59 Å². The van der Waals surface area contributed by atoms with Gasteiger partial charge in [-0.25, -0.2) is 9.97 Å². The normalized spacial score (nSPS) is 23.3. The summed E-state index contributed by atoms with van der Waals surface area (Å²) in [5.74, 6) is 2.06. The Hall–Kier alpha value is -2.22. The minimum Gasteiger partial charge on any atom is -0.373 e. The van der Waals surface area contributed by atoms with E-state index in [0.717, 1.165) is 81.9 Å². The van der Waals surface area contributed by atoms with Crippen LogP contribution in [0.3, 0.4) is 0 Å². The molecule has 1 saturated heterocycles. The van der Waals surface area contributed by atoms with Crippen molar-refractivity contribution in [3.8, 4) is 0 Å². The molecule has 1 saturated carbocycles. The van der Waals surface area contributed by atoms with Gasteiger partial charge in [0.2, 0.25) is 11.8 Å². The molecule has 1 atom stereocenters. The molecule has 8 nitrogen and oxygen atoms in total. The first-order valence-electron chi connectivity index (χ1n) is 12.2. The van der Waals surface area contributed by atoms with Crippen LogP contribution in [-0.4, -0.2) is 70.9 Å². The summed E-state index contributed by atoms with van der Waals surface area (Å²) in [5.41, 5.74) is 1.97. The van der Waals surface area contributed by atoms with Crippen LogP contribution in [-0.2, 0) is 22.6 Å². The van der Waals surface area contributed by atoms with Crippen molar-refractivity contribution in [2.45, 2.75) is 82.7 Å². The molecule has 176 valence electrons. The predicted molar refractivity (Wildman–Crippen MR) is 124 cm³/mol.